The van der Waals surface area contributed by atoms with Gasteiger partial charge in [-0.1, -0.05) is 56.9 Å². The molecule has 3 heteroatoms. The maximum atomic E-state index is 13.4. The maximum absolute atomic E-state index is 13.4. The smallest absolute Gasteiger partial charge is 0.260 e. The average Bonchev–Trinajstić information content (AvgIpc) is 2.69. The summed E-state index contributed by atoms with van der Waals surface area (Å²) in [5, 5.41) is 1.05. The first-order chi connectivity index (χ1) is 12.8. The Kier molecular flexibility index (Phi) is 4.87. The third-order valence-corrected chi connectivity index (χ3v) is 5.54. The van der Waals surface area contributed by atoms with Crippen molar-refractivity contribution in [1.82, 2.24) is 9.55 Å². The topological polar surface area (TPSA) is 34.9 Å². The van der Waals surface area contributed by atoms with Crippen molar-refractivity contribution in [2.75, 3.05) is 0 Å². The molecule has 1 aromatic carbocycles. The Morgan fingerprint density at radius 2 is 1.85 bits per heavy atom. The van der Waals surface area contributed by atoms with Crippen LogP contribution in [0.2, 0.25) is 0 Å². The van der Waals surface area contributed by atoms with Crippen molar-refractivity contribution < 1.29 is 0 Å². The molecular formula is C23H26N2O. The highest BCUT2D eigenvalue weighted by Gasteiger charge is 2.21. The van der Waals surface area contributed by atoms with Crippen molar-refractivity contribution in [3.63, 3.8) is 0 Å². The molecule has 0 N–H and O–H groups in total. The van der Waals surface area contributed by atoms with Gasteiger partial charge in [0.15, 0.2) is 0 Å². The fourth-order valence-electron chi connectivity index (χ4n) is 4.19. The number of fused-ring (bicyclic) bond motifs is 1. The number of hydrogen-bond donors (Lipinski definition) is 0. The third kappa shape index (κ3) is 3.18. The van der Waals surface area contributed by atoms with E-state index in [9.17, 15) is 4.79 Å². The number of benzene rings is 1. The molecule has 0 atom stereocenters. The zero-order valence-electron chi connectivity index (χ0n) is 15.4. The van der Waals surface area contributed by atoms with Crippen LogP contribution in [0.15, 0.2) is 53.5 Å². The molecule has 1 aliphatic carbocycles. The van der Waals surface area contributed by atoms with Crippen molar-refractivity contribution >= 4 is 11.0 Å². The molecule has 26 heavy (non-hydrogen) atoms. The zero-order chi connectivity index (χ0) is 17.9. The summed E-state index contributed by atoms with van der Waals surface area (Å²) in [5.74, 6) is 0. The summed E-state index contributed by atoms with van der Waals surface area (Å²) in [6, 6.07) is 14.8. The molecule has 0 spiro atoms. The fourth-order valence-corrected chi connectivity index (χ4v) is 4.19. The minimum atomic E-state index is 0.103. The fraction of sp³-hybridized carbons (Fsp3) is 0.391. The molecule has 0 amide bonds. The molecule has 0 bridgehead atoms. The first-order valence-electron chi connectivity index (χ1n) is 9.87. The van der Waals surface area contributed by atoms with E-state index < -0.39 is 0 Å². The minimum absolute atomic E-state index is 0.103. The van der Waals surface area contributed by atoms with Crippen LogP contribution in [0.4, 0.5) is 0 Å². The summed E-state index contributed by atoms with van der Waals surface area (Å²) >= 11 is 0. The Hall–Kier alpha value is -2.42. The van der Waals surface area contributed by atoms with Crippen LogP contribution in [0.1, 0.15) is 57.1 Å². The van der Waals surface area contributed by atoms with E-state index in [2.05, 4.69) is 42.2 Å². The molecular weight excluding hydrogens is 320 g/mol. The highest BCUT2D eigenvalue weighted by atomic mass is 16.1. The number of rotatable bonds is 4. The van der Waals surface area contributed by atoms with E-state index in [0.29, 0.717) is 0 Å². The van der Waals surface area contributed by atoms with Gasteiger partial charge in [0.1, 0.15) is 5.65 Å². The molecule has 134 valence electrons. The monoisotopic (exact) mass is 346 g/mol. The molecule has 2 aromatic heterocycles. The minimum Gasteiger partial charge on any atom is -0.289 e. The number of pyridine rings is 2. The van der Waals surface area contributed by atoms with Crippen LogP contribution in [0.25, 0.3) is 22.2 Å². The molecule has 4 rings (SSSR count). The molecule has 1 aliphatic rings. The van der Waals surface area contributed by atoms with E-state index in [4.69, 9.17) is 0 Å². The average molecular weight is 346 g/mol. The highest BCUT2D eigenvalue weighted by Crippen LogP contribution is 2.30. The van der Waals surface area contributed by atoms with Gasteiger partial charge in [0.05, 0.1) is 0 Å². The second-order valence-corrected chi connectivity index (χ2v) is 7.39. The lowest BCUT2D eigenvalue weighted by atomic mass is 9.94. The number of nitrogens with zero attached hydrogens (tertiary/aromatic N) is 2. The van der Waals surface area contributed by atoms with Gasteiger partial charge in [0.25, 0.3) is 5.56 Å². The van der Waals surface area contributed by atoms with E-state index in [1.54, 1.807) is 6.20 Å². The lowest BCUT2D eigenvalue weighted by molar-refractivity contribution is 0.353. The van der Waals surface area contributed by atoms with Gasteiger partial charge in [-0.2, -0.15) is 0 Å². The van der Waals surface area contributed by atoms with Crippen LogP contribution in [0.3, 0.4) is 0 Å². The van der Waals surface area contributed by atoms with Gasteiger partial charge in [-0.15, -0.1) is 0 Å². The van der Waals surface area contributed by atoms with Crippen molar-refractivity contribution in [1.29, 1.82) is 0 Å². The van der Waals surface area contributed by atoms with Gasteiger partial charge >= 0.3 is 0 Å². The van der Waals surface area contributed by atoms with Gasteiger partial charge < -0.3 is 0 Å². The molecule has 3 nitrogen and oxygen atoms in total. The SMILES string of the molecule is CCCc1ccc(-c2cc3cccnc3n(C3CCCCC3)c2=O)cc1. The largest absolute Gasteiger partial charge is 0.289 e. The third-order valence-electron chi connectivity index (χ3n) is 5.54. The van der Waals surface area contributed by atoms with Crippen molar-refractivity contribution in [2.45, 2.75) is 57.9 Å². The van der Waals surface area contributed by atoms with Gasteiger partial charge in [-0.25, -0.2) is 4.98 Å². The summed E-state index contributed by atoms with van der Waals surface area (Å²) in [5.41, 5.74) is 4.05. The van der Waals surface area contributed by atoms with Crippen LogP contribution < -0.4 is 5.56 Å². The van der Waals surface area contributed by atoms with Gasteiger partial charge in [0.2, 0.25) is 0 Å². The summed E-state index contributed by atoms with van der Waals surface area (Å²) in [6.07, 6.45) is 9.82. The Bertz CT molecular complexity index is 950. The molecule has 3 aromatic rings. The Balaban J connectivity index is 1.87. The van der Waals surface area contributed by atoms with E-state index >= 15 is 0 Å². The van der Waals surface area contributed by atoms with E-state index in [1.807, 2.05) is 16.7 Å². The molecule has 1 fully saturated rings. The van der Waals surface area contributed by atoms with Crippen LogP contribution in [-0.2, 0) is 6.42 Å². The highest BCUT2D eigenvalue weighted by molar-refractivity contribution is 5.81. The van der Waals surface area contributed by atoms with Crippen LogP contribution in [0, 0.1) is 0 Å². The number of aryl methyl sites for hydroxylation is 1. The summed E-state index contributed by atoms with van der Waals surface area (Å²) in [7, 11) is 0. The van der Waals surface area contributed by atoms with Gasteiger partial charge in [-0.3, -0.25) is 9.36 Å². The standard InChI is InChI=1S/C23H26N2O/c1-2-7-17-11-13-18(14-12-17)21-16-19-8-6-15-24-22(19)25(23(21)26)20-9-4-3-5-10-20/h6,8,11-16,20H,2-5,7,9-10H2,1H3. The van der Waals surface area contributed by atoms with Crippen molar-refractivity contribution in [3.8, 4) is 11.1 Å². The quantitative estimate of drug-likeness (QED) is 0.623. The van der Waals surface area contributed by atoms with Gasteiger partial charge in [-0.05, 0) is 48.6 Å². The van der Waals surface area contributed by atoms with E-state index in [-0.39, 0.29) is 11.6 Å². The summed E-state index contributed by atoms with van der Waals surface area (Å²) < 4.78 is 1.98. The normalized spacial score (nSPS) is 15.4. The molecule has 0 saturated heterocycles. The zero-order valence-corrected chi connectivity index (χ0v) is 15.4. The lowest BCUT2D eigenvalue weighted by Gasteiger charge is -2.25. The second kappa shape index (κ2) is 7.45. The summed E-state index contributed by atoms with van der Waals surface area (Å²) in [6.45, 7) is 2.19. The Morgan fingerprint density at radius 3 is 2.58 bits per heavy atom. The second-order valence-electron chi connectivity index (χ2n) is 7.39. The first kappa shape index (κ1) is 17.0. The van der Waals surface area contributed by atoms with Gasteiger partial charge in [0, 0.05) is 23.2 Å². The predicted octanol–water partition coefficient (Wildman–Crippen LogP) is 5.52. The van der Waals surface area contributed by atoms with Crippen LogP contribution in [0.5, 0.6) is 0 Å². The molecule has 0 aliphatic heterocycles. The van der Waals surface area contributed by atoms with Crippen LogP contribution in [-0.4, -0.2) is 9.55 Å². The number of aromatic nitrogens is 2. The number of hydrogen-bond acceptors (Lipinski definition) is 2. The Labute approximate surface area is 154 Å². The van der Waals surface area contributed by atoms with Crippen molar-refractivity contribution in [3.05, 3.63) is 64.6 Å². The molecule has 1 saturated carbocycles. The van der Waals surface area contributed by atoms with E-state index in [0.717, 1.165) is 47.8 Å². The Morgan fingerprint density at radius 1 is 1.08 bits per heavy atom. The van der Waals surface area contributed by atoms with E-state index in [1.165, 1.54) is 24.8 Å². The van der Waals surface area contributed by atoms with Crippen LogP contribution >= 0.6 is 0 Å². The summed E-state index contributed by atoms with van der Waals surface area (Å²) in [4.78, 5) is 18.0. The molecule has 0 unspecified atom stereocenters. The molecule has 0 radical (unpaired) electrons. The maximum Gasteiger partial charge on any atom is 0.260 e. The lowest BCUT2D eigenvalue weighted by Crippen LogP contribution is -2.28. The molecule has 2 heterocycles. The van der Waals surface area contributed by atoms with Crippen molar-refractivity contribution in [2.24, 2.45) is 0 Å². The first-order valence-corrected chi connectivity index (χ1v) is 9.87. The predicted molar refractivity (Wildman–Crippen MR) is 108 cm³/mol.